The number of aromatic nitrogens is 1. The Hall–Kier alpha value is -1.18. The molecule has 1 aliphatic rings. The van der Waals surface area contributed by atoms with E-state index >= 15 is 0 Å². The molecule has 0 bridgehead atoms. The van der Waals surface area contributed by atoms with E-state index in [1.165, 1.54) is 22.0 Å². The van der Waals surface area contributed by atoms with E-state index in [9.17, 15) is 8.42 Å². The summed E-state index contributed by atoms with van der Waals surface area (Å²) in [5.74, 6) is 0. The van der Waals surface area contributed by atoms with Gasteiger partial charge in [0.15, 0.2) is 0 Å². The molecule has 2 aromatic rings. The molecule has 0 unspecified atom stereocenters. The molecule has 1 fully saturated rings. The van der Waals surface area contributed by atoms with Crippen LogP contribution in [0.5, 0.6) is 0 Å². The molecule has 0 radical (unpaired) electrons. The highest BCUT2D eigenvalue weighted by molar-refractivity contribution is 7.89. The molecule has 1 aromatic heterocycles. The van der Waals surface area contributed by atoms with Crippen LogP contribution in [0.4, 0.5) is 0 Å². The molecular formula is C16H17Cl2N3O2S. The summed E-state index contributed by atoms with van der Waals surface area (Å²) < 4.78 is 27.0. The summed E-state index contributed by atoms with van der Waals surface area (Å²) in [5.41, 5.74) is 1.17. The summed E-state index contributed by atoms with van der Waals surface area (Å²) in [6.07, 6.45) is 3.52. The lowest BCUT2D eigenvalue weighted by molar-refractivity contribution is 0.181. The highest BCUT2D eigenvalue weighted by Gasteiger charge is 2.30. The van der Waals surface area contributed by atoms with Crippen molar-refractivity contribution in [2.45, 2.75) is 11.4 Å². The van der Waals surface area contributed by atoms with Crippen LogP contribution in [0.25, 0.3) is 0 Å². The van der Waals surface area contributed by atoms with Crippen molar-refractivity contribution in [2.24, 2.45) is 0 Å². The Kier molecular flexibility index (Phi) is 5.42. The number of benzene rings is 1. The molecule has 5 nitrogen and oxygen atoms in total. The molecule has 0 amide bonds. The van der Waals surface area contributed by atoms with Gasteiger partial charge in [-0.15, -0.1) is 0 Å². The van der Waals surface area contributed by atoms with Gasteiger partial charge < -0.3 is 0 Å². The van der Waals surface area contributed by atoms with Crippen molar-refractivity contribution < 1.29 is 8.42 Å². The molecule has 0 N–H and O–H groups in total. The number of pyridine rings is 1. The summed E-state index contributed by atoms with van der Waals surface area (Å²) in [7, 11) is -3.63. The van der Waals surface area contributed by atoms with Gasteiger partial charge in [-0.25, -0.2) is 8.42 Å². The summed E-state index contributed by atoms with van der Waals surface area (Å²) >= 11 is 12.0. The van der Waals surface area contributed by atoms with Crippen LogP contribution in [0.1, 0.15) is 5.56 Å². The molecule has 0 spiro atoms. The average molecular weight is 386 g/mol. The number of nitrogens with zero attached hydrogens (tertiary/aromatic N) is 3. The Balaban J connectivity index is 1.68. The number of piperazine rings is 1. The van der Waals surface area contributed by atoms with E-state index in [1.807, 2.05) is 12.1 Å². The van der Waals surface area contributed by atoms with E-state index in [0.717, 1.165) is 6.54 Å². The fourth-order valence-corrected chi connectivity index (χ4v) is 4.85. The van der Waals surface area contributed by atoms with Crippen LogP contribution in [-0.2, 0) is 16.6 Å². The lowest BCUT2D eigenvalue weighted by Gasteiger charge is -2.34. The molecule has 0 aliphatic carbocycles. The van der Waals surface area contributed by atoms with Gasteiger partial charge in [0.25, 0.3) is 0 Å². The van der Waals surface area contributed by atoms with Crippen molar-refractivity contribution in [3.8, 4) is 0 Å². The third-order valence-electron chi connectivity index (χ3n) is 4.00. The van der Waals surface area contributed by atoms with Gasteiger partial charge in [0.2, 0.25) is 10.0 Å². The van der Waals surface area contributed by atoms with Gasteiger partial charge in [0, 0.05) is 50.1 Å². The van der Waals surface area contributed by atoms with Crippen molar-refractivity contribution >= 4 is 33.2 Å². The highest BCUT2D eigenvalue weighted by Crippen LogP contribution is 2.28. The largest absolute Gasteiger partial charge is 0.296 e. The number of halogens is 2. The van der Waals surface area contributed by atoms with E-state index in [4.69, 9.17) is 23.2 Å². The second-order valence-electron chi connectivity index (χ2n) is 5.61. The Morgan fingerprint density at radius 3 is 2.33 bits per heavy atom. The van der Waals surface area contributed by atoms with Gasteiger partial charge in [-0.05, 0) is 35.9 Å². The van der Waals surface area contributed by atoms with Crippen molar-refractivity contribution in [3.05, 3.63) is 58.3 Å². The van der Waals surface area contributed by atoms with Crippen LogP contribution >= 0.6 is 23.2 Å². The molecular weight excluding hydrogens is 369 g/mol. The Bertz CT molecular complexity index is 807. The van der Waals surface area contributed by atoms with Gasteiger partial charge in [0.05, 0.1) is 5.02 Å². The van der Waals surface area contributed by atoms with E-state index < -0.39 is 10.0 Å². The predicted molar refractivity (Wildman–Crippen MR) is 94.7 cm³/mol. The van der Waals surface area contributed by atoms with Crippen LogP contribution in [0, 0.1) is 0 Å². The summed E-state index contributed by atoms with van der Waals surface area (Å²) in [6, 6.07) is 8.43. The smallest absolute Gasteiger partial charge is 0.244 e. The highest BCUT2D eigenvalue weighted by atomic mass is 35.5. The van der Waals surface area contributed by atoms with Crippen molar-refractivity contribution in [3.63, 3.8) is 0 Å². The van der Waals surface area contributed by atoms with Gasteiger partial charge in [-0.2, -0.15) is 4.31 Å². The van der Waals surface area contributed by atoms with E-state index in [1.54, 1.807) is 18.5 Å². The number of rotatable bonds is 4. The quantitative estimate of drug-likeness (QED) is 0.811. The zero-order valence-electron chi connectivity index (χ0n) is 12.9. The average Bonchev–Trinajstić information content (AvgIpc) is 2.58. The van der Waals surface area contributed by atoms with Gasteiger partial charge in [-0.3, -0.25) is 9.88 Å². The summed E-state index contributed by atoms with van der Waals surface area (Å²) in [4.78, 5) is 6.29. The summed E-state index contributed by atoms with van der Waals surface area (Å²) in [5, 5.41) is 0.549. The zero-order valence-corrected chi connectivity index (χ0v) is 15.2. The van der Waals surface area contributed by atoms with E-state index in [-0.39, 0.29) is 9.92 Å². The monoisotopic (exact) mass is 385 g/mol. The van der Waals surface area contributed by atoms with E-state index in [2.05, 4.69) is 9.88 Å². The predicted octanol–water partition coefficient (Wildman–Crippen LogP) is 2.89. The third kappa shape index (κ3) is 3.90. The minimum Gasteiger partial charge on any atom is -0.296 e. The van der Waals surface area contributed by atoms with Crippen LogP contribution in [0.3, 0.4) is 0 Å². The molecule has 3 rings (SSSR count). The minimum absolute atomic E-state index is 0.0688. The Labute approximate surface area is 151 Å². The molecule has 2 heterocycles. The van der Waals surface area contributed by atoms with Crippen LogP contribution in [-0.4, -0.2) is 48.8 Å². The third-order valence-corrected chi connectivity index (χ3v) is 6.61. The molecule has 1 aliphatic heterocycles. The van der Waals surface area contributed by atoms with Crippen molar-refractivity contribution in [2.75, 3.05) is 26.2 Å². The Morgan fingerprint density at radius 2 is 1.67 bits per heavy atom. The van der Waals surface area contributed by atoms with Crippen LogP contribution in [0.15, 0.2) is 47.6 Å². The maximum absolute atomic E-state index is 12.8. The normalized spacial score (nSPS) is 17.1. The van der Waals surface area contributed by atoms with Crippen molar-refractivity contribution in [1.82, 2.24) is 14.2 Å². The number of hydrogen-bond acceptors (Lipinski definition) is 4. The molecule has 128 valence electrons. The second kappa shape index (κ2) is 7.37. The van der Waals surface area contributed by atoms with Crippen molar-refractivity contribution in [1.29, 1.82) is 0 Å². The first-order valence-electron chi connectivity index (χ1n) is 7.53. The standard InChI is InChI=1S/C16H17Cl2N3O2S/c17-14-1-2-15(18)16(11-14)24(22,23)21-9-7-20(8-10-21)12-13-3-5-19-6-4-13/h1-6,11H,7-10,12H2. The molecule has 8 heteroatoms. The lowest BCUT2D eigenvalue weighted by atomic mass is 10.2. The maximum Gasteiger partial charge on any atom is 0.244 e. The van der Waals surface area contributed by atoms with Crippen LogP contribution in [0.2, 0.25) is 10.0 Å². The second-order valence-corrected chi connectivity index (χ2v) is 8.36. The summed E-state index contributed by atoms with van der Waals surface area (Å²) in [6.45, 7) is 2.97. The minimum atomic E-state index is -3.63. The SMILES string of the molecule is O=S(=O)(c1cc(Cl)ccc1Cl)N1CCN(Cc2ccncc2)CC1. The number of sulfonamides is 1. The molecule has 24 heavy (non-hydrogen) atoms. The molecule has 1 aromatic carbocycles. The molecule has 0 atom stereocenters. The van der Waals surface area contributed by atoms with Gasteiger partial charge >= 0.3 is 0 Å². The van der Waals surface area contributed by atoms with Gasteiger partial charge in [0.1, 0.15) is 4.90 Å². The van der Waals surface area contributed by atoms with Gasteiger partial charge in [-0.1, -0.05) is 23.2 Å². The topological polar surface area (TPSA) is 53.5 Å². The maximum atomic E-state index is 12.8. The lowest BCUT2D eigenvalue weighted by Crippen LogP contribution is -2.48. The zero-order chi connectivity index (χ0) is 17.2. The van der Waals surface area contributed by atoms with E-state index in [0.29, 0.717) is 31.2 Å². The first kappa shape index (κ1) is 17.6. The molecule has 1 saturated heterocycles. The van der Waals surface area contributed by atoms with Crippen LogP contribution < -0.4 is 0 Å². The number of hydrogen-bond donors (Lipinski definition) is 0. The fraction of sp³-hybridized carbons (Fsp3) is 0.312. The first-order valence-corrected chi connectivity index (χ1v) is 9.73. The first-order chi connectivity index (χ1) is 11.5. The molecule has 0 saturated carbocycles. The fourth-order valence-electron chi connectivity index (χ4n) is 2.69. The Morgan fingerprint density at radius 1 is 1.00 bits per heavy atom.